The molecule has 1 fully saturated rings. The van der Waals surface area contributed by atoms with Crippen molar-refractivity contribution >= 4 is 5.69 Å². The molecule has 0 saturated carbocycles. The van der Waals surface area contributed by atoms with E-state index < -0.39 is 0 Å². The van der Waals surface area contributed by atoms with Gasteiger partial charge in [-0.1, -0.05) is 0 Å². The summed E-state index contributed by atoms with van der Waals surface area (Å²) in [4.78, 5) is 2.12. The van der Waals surface area contributed by atoms with Gasteiger partial charge in [0.1, 0.15) is 5.82 Å². The Morgan fingerprint density at radius 3 is 2.81 bits per heavy atom. The van der Waals surface area contributed by atoms with Gasteiger partial charge in [0.15, 0.2) is 11.5 Å². The van der Waals surface area contributed by atoms with E-state index in [1.54, 1.807) is 0 Å². The van der Waals surface area contributed by atoms with Crippen molar-refractivity contribution in [2.75, 3.05) is 37.9 Å². The standard InChI is InChI=1S/C11H13FN2O2/c12-8-5-9(14-3-1-13-2-4-14)11-10(6-8)15-7-16-11/h5-6,13H,1-4,7H2. The molecule has 0 spiro atoms. The maximum absolute atomic E-state index is 13.4. The number of fused-ring (bicyclic) bond motifs is 1. The fraction of sp³-hybridized carbons (Fsp3) is 0.455. The summed E-state index contributed by atoms with van der Waals surface area (Å²) >= 11 is 0. The number of nitrogens with one attached hydrogen (secondary N) is 1. The minimum atomic E-state index is -0.280. The normalized spacial score (nSPS) is 18.9. The summed E-state index contributed by atoms with van der Waals surface area (Å²) in [6.07, 6.45) is 0. The van der Waals surface area contributed by atoms with Crippen LogP contribution in [0.1, 0.15) is 0 Å². The van der Waals surface area contributed by atoms with Crippen LogP contribution in [0, 0.1) is 5.82 Å². The van der Waals surface area contributed by atoms with E-state index in [-0.39, 0.29) is 12.6 Å². The maximum atomic E-state index is 13.4. The van der Waals surface area contributed by atoms with Crippen molar-refractivity contribution in [3.8, 4) is 11.5 Å². The predicted molar refractivity (Wildman–Crippen MR) is 57.6 cm³/mol. The minimum absolute atomic E-state index is 0.178. The molecule has 0 bridgehead atoms. The van der Waals surface area contributed by atoms with E-state index in [1.807, 2.05) is 0 Å². The molecule has 1 N–H and O–H groups in total. The average Bonchev–Trinajstić information content (AvgIpc) is 2.77. The van der Waals surface area contributed by atoms with Gasteiger partial charge in [-0.05, 0) is 0 Å². The Morgan fingerprint density at radius 1 is 1.19 bits per heavy atom. The van der Waals surface area contributed by atoms with Gasteiger partial charge in [0.05, 0.1) is 5.69 Å². The Balaban J connectivity index is 1.99. The Kier molecular flexibility index (Phi) is 2.32. The van der Waals surface area contributed by atoms with Crippen LogP contribution in [0.15, 0.2) is 12.1 Å². The highest BCUT2D eigenvalue weighted by atomic mass is 19.1. The van der Waals surface area contributed by atoms with Gasteiger partial charge in [-0.3, -0.25) is 0 Å². The summed E-state index contributed by atoms with van der Waals surface area (Å²) in [6, 6.07) is 2.88. The number of rotatable bonds is 1. The largest absolute Gasteiger partial charge is 0.453 e. The molecular weight excluding hydrogens is 211 g/mol. The molecule has 1 aromatic rings. The van der Waals surface area contributed by atoms with Crippen molar-refractivity contribution in [1.82, 2.24) is 5.32 Å². The second kappa shape index (κ2) is 3.83. The van der Waals surface area contributed by atoms with Crippen LogP contribution in [-0.2, 0) is 0 Å². The highest BCUT2D eigenvalue weighted by Gasteiger charge is 2.23. The van der Waals surface area contributed by atoms with E-state index in [9.17, 15) is 4.39 Å². The number of hydrogen-bond donors (Lipinski definition) is 1. The Labute approximate surface area is 92.9 Å². The van der Waals surface area contributed by atoms with Gasteiger partial charge in [-0.2, -0.15) is 0 Å². The van der Waals surface area contributed by atoms with Crippen molar-refractivity contribution in [2.45, 2.75) is 0 Å². The molecule has 5 heteroatoms. The number of halogens is 1. The van der Waals surface area contributed by atoms with Crippen molar-refractivity contribution in [2.24, 2.45) is 0 Å². The fourth-order valence-corrected chi connectivity index (χ4v) is 2.10. The lowest BCUT2D eigenvalue weighted by Gasteiger charge is -2.30. The third-order valence-electron chi connectivity index (χ3n) is 2.88. The zero-order valence-electron chi connectivity index (χ0n) is 8.83. The van der Waals surface area contributed by atoms with Crippen LogP contribution in [0.2, 0.25) is 0 Å². The van der Waals surface area contributed by atoms with Crippen LogP contribution in [0.5, 0.6) is 11.5 Å². The minimum Gasteiger partial charge on any atom is -0.453 e. The van der Waals surface area contributed by atoms with Crippen molar-refractivity contribution in [3.63, 3.8) is 0 Å². The summed E-state index contributed by atoms with van der Waals surface area (Å²) in [7, 11) is 0. The molecule has 1 saturated heterocycles. The number of ether oxygens (including phenoxy) is 2. The molecule has 16 heavy (non-hydrogen) atoms. The third-order valence-corrected chi connectivity index (χ3v) is 2.88. The summed E-state index contributed by atoms with van der Waals surface area (Å²) in [5.41, 5.74) is 0.800. The van der Waals surface area contributed by atoms with Gasteiger partial charge in [-0.15, -0.1) is 0 Å². The predicted octanol–water partition coefficient (Wildman–Crippen LogP) is 0.964. The van der Waals surface area contributed by atoms with Crippen molar-refractivity contribution < 1.29 is 13.9 Å². The summed E-state index contributed by atoms with van der Waals surface area (Å²) in [5, 5.41) is 3.26. The van der Waals surface area contributed by atoms with E-state index in [1.165, 1.54) is 12.1 Å². The first-order chi connectivity index (χ1) is 7.84. The van der Waals surface area contributed by atoms with E-state index >= 15 is 0 Å². The smallest absolute Gasteiger partial charge is 0.231 e. The Hall–Kier alpha value is -1.49. The monoisotopic (exact) mass is 224 g/mol. The molecule has 0 aromatic heterocycles. The Morgan fingerprint density at radius 2 is 2.00 bits per heavy atom. The SMILES string of the molecule is Fc1cc2c(c(N3CCNCC3)c1)OCO2. The fourth-order valence-electron chi connectivity index (χ4n) is 2.10. The number of nitrogens with zero attached hydrogens (tertiary/aromatic N) is 1. The van der Waals surface area contributed by atoms with Gasteiger partial charge in [0.25, 0.3) is 0 Å². The van der Waals surface area contributed by atoms with Crippen LogP contribution in [0.25, 0.3) is 0 Å². The van der Waals surface area contributed by atoms with Gasteiger partial charge in [0, 0.05) is 38.3 Å². The van der Waals surface area contributed by atoms with E-state index in [4.69, 9.17) is 9.47 Å². The number of piperazine rings is 1. The van der Waals surface area contributed by atoms with Crippen LogP contribution in [-0.4, -0.2) is 33.0 Å². The molecule has 86 valence electrons. The molecule has 1 aromatic carbocycles. The van der Waals surface area contributed by atoms with Gasteiger partial charge >= 0.3 is 0 Å². The lowest BCUT2D eigenvalue weighted by Crippen LogP contribution is -2.43. The van der Waals surface area contributed by atoms with Crippen LogP contribution < -0.4 is 19.7 Å². The first kappa shape index (κ1) is 9.72. The summed E-state index contributed by atoms with van der Waals surface area (Å²) < 4.78 is 24.0. The molecule has 2 aliphatic rings. The maximum Gasteiger partial charge on any atom is 0.231 e. The molecule has 2 heterocycles. The quantitative estimate of drug-likeness (QED) is 0.770. The first-order valence-electron chi connectivity index (χ1n) is 5.39. The topological polar surface area (TPSA) is 33.7 Å². The lowest BCUT2D eigenvalue weighted by atomic mass is 10.2. The third kappa shape index (κ3) is 1.57. The van der Waals surface area contributed by atoms with Crippen LogP contribution in [0.3, 0.4) is 0 Å². The zero-order valence-corrected chi connectivity index (χ0v) is 8.83. The molecule has 3 rings (SSSR count). The highest BCUT2D eigenvalue weighted by molar-refractivity contribution is 5.66. The Bertz CT molecular complexity index is 405. The second-order valence-electron chi connectivity index (χ2n) is 3.90. The molecule has 0 aliphatic carbocycles. The second-order valence-corrected chi connectivity index (χ2v) is 3.90. The number of benzene rings is 1. The molecule has 0 amide bonds. The molecule has 4 nitrogen and oxygen atoms in total. The van der Waals surface area contributed by atoms with Crippen LogP contribution >= 0.6 is 0 Å². The summed E-state index contributed by atoms with van der Waals surface area (Å²) in [6.45, 7) is 3.72. The van der Waals surface area contributed by atoms with E-state index in [2.05, 4.69) is 10.2 Å². The molecular formula is C11H13FN2O2. The van der Waals surface area contributed by atoms with Gasteiger partial charge in [0.2, 0.25) is 6.79 Å². The van der Waals surface area contributed by atoms with Crippen molar-refractivity contribution in [3.05, 3.63) is 17.9 Å². The number of anilines is 1. The zero-order chi connectivity index (χ0) is 11.0. The van der Waals surface area contributed by atoms with E-state index in [0.29, 0.717) is 11.5 Å². The molecule has 0 radical (unpaired) electrons. The molecule has 0 unspecified atom stereocenters. The van der Waals surface area contributed by atoms with Crippen molar-refractivity contribution in [1.29, 1.82) is 0 Å². The lowest BCUT2D eigenvalue weighted by molar-refractivity contribution is 0.174. The van der Waals surface area contributed by atoms with Crippen LogP contribution in [0.4, 0.5) is 10.1 Å². The van der Waals surface area contributed by atoms with Gasteiger partial charge < -0.3 is 19.7 Å². The molecule has 0 atom stereocenters. The first-order valence-corrected chi connectivity index (χ1v) is 5.39. The number of hydrogen-bond acceptors (Lipinski definition) is 4. The molecule has 2 aliphatic heterocycles. The average molecular weight is 224 g/mol. The van der Waals surface area contributed by atoms with Gasteiger partial charge in [-0.25, -0.2) is 4.39 Å². The summed E-state index contributed by atoms with van der Waals surface area (Å²) in [5.74, 6) is 0.898. The highest BCUT2D eigenvalue weighted by Crippen LogP contribution is 2.41. The van der Waals surface area contributed by atoms with E-state index in [0.717, 1.165) is 31.9 Å².